The molecule has 0 saturated heterocycles. The van der Waals surface area contributed by atoms with Gasteiger partial charge >= 0.3 is 0 Å². The average Bonchev–Trinajstić information content (AvgIpc) is 2.61. The van der Waals surface area contributed by atoms with Crippen molar-refractivity contribution in [2.24, 2.45) is 0 Å². The van der Waals surface area contributed by atoms with E-state index in [0.29, 0.717) is 24.5 Å². The molecule has 0 saturated carbocycles. The Morgan fingerprint density at radius 2 is 1.88 bits per heavy atom. The van der Waals surface area contributed by atoms with E-state index in [2.05, 4.69) is 20.6 Å². The Morgan fingerprint density at radius 3 is 2.54 bits per heavy atom. The third kappa shape index (κ3) is 5.03. The van der Waals surface area contributed by atoms with Gasteiger partial charge < -0.3 is 15.4 Å². The van der Waals surface area contributed by atoms with Gasteiger partial charge in [-0.3, -0.25) is 9.78 Å². The molecule has 1 amide bonds. The maximum atomic E-state index is 12.1. The molecular formula is C18H24N4O2. The summed E-state index contributed by atoms with van der Waals surface area (Å²) in [6.45, 7) is 5.24. The Kier molecular flexibility index (Phi) is 6.69. The molecule has 0 aliphatic rings. The van der Waals surface area contributed by atoms with Crippen molar-refractivity contribution in [3.63, 3.8) is 0 Å². The number of hydrogen-bond acceptors (Lipinski definition) is 5. The fraction of sp³-hybridized carbons (Fsp3) is 0.389. The second-order valence-electron chi connectivity index (χ2n) is 5.61. The van der Waals surface area contributed by atoms with E-state index in [1.165, 1.54) is 0 Å². The number of nitrogens with zero attached hydrogens (tertiary/aromatic N) is 2. The van der Waals surface area contributed by atoms with Crippen molar-refractivity contribution in [3.05, 3.63) is 42.2 Å². The van der Waals surface area contributed by atoms with Gasteiger partial charge in [0.1, 0.15) is 5.69 Å². The van der Waals surface area contributed by atoms with E-state index in [4.69, 9.17) is 4.74 Å². The molecule has 6 heteroatoms. The van der Waals surface area contributed by atoms with Crippen molar-refractivity contribution in [3.8, 4) is 11.3 Å². The summed E-state index contributed by atoms with van der Waals surface area (Å²) in [4.78, 5) is 20.7. The van der Waals surface area contributed by atoms with Crippen LogP contribution in [0.4, 0.5) is 5.82 Å². The molecule has 24 heavy (non-hydrogen) atoms. The zero-order valence-electron chi connectivity index (χ0n) is 14.4. The molecule has 0 bridgehead atoms. The molecular weight excluding hydrogens is 304 g/mol. The molecule has 0 unspecified atom stereocenters. The van der Waals surface area contributed by atoms with Crippen LogP contribution in [0.5, 0.6) is 0 Å². The molecule has 0 fully saturated rings. The van der Waals surface area contributed by atoms with Crippen LogP contribution < -0.4 is 10.6 Å². The van der Waals surface area contributed by atoms with Gasteiger partial charge in [-0.2, -0.15) is 0 Å². The van der Waals surface area contributed by atoms with Gasteiger partial charge in [0.25, 0.3) is 5.91 Å². The number of nitrogens with one attached hydrogen (secondary N) is 2. The van der Waals surface area contributed by atoms with Crippen molar-refractivity contribution in [1.29, 1.82) is 0 Å². The molecule has 1 heterocycles. The van der Waals surface area contributed by atoms with E-state index >= 15 is 0 Å². The Hall–Kier alpha value is -2.47. The quantitative estimate of drug-likeness (QED) is 0.729. The van der Waals surface area contributed by atoms with Gasteiger partial charge in [0.15, 0.2) is 5.82 Å². The Balaban J connectivity index is 1.93. The SMILES string of the molecule is CNc1nccnc1-c1ccc(C(=O)NCCCOC(C)C)cc1. The number of benzene rings is 1. The summed E-state index contributed by atoms with van der Waals surface area (Å²) in [5, 5.41) is 5.91. The van der Waals surface area contributed by atoms with Crippen molar-refractivity contribution in [1.82, 2.24) is 15.3 Å². The molecule has 1 aromatic heterocycles. The van der Waals surface area contributed by atoms with Crippen LogP contribution in [0.15, 0.2) is 36.7 Å². The van der Waals surface area contributed by atoms with E-state index in [-0.39, 0.29) is 12.0 Å². The number of carbonyl (C=O) groups is 1. The first-order valence-corrected chi connectivity index (χ1v) is 8.11. The fourth-order valence-electron chi connectivity index (χ4n) is 2.21. The van der Waals surface area contributed by atoms with Crippen LogP contribution in [0.2, 0.25) is 0 Å². The lowest BCUT2D eigenvalue weighted by Gasteiger charge is -2.09. The number of hydrogen-bond donors (Lipinski definition) is 2. The minimum absolute atomic E-state index is 0.0842. The molecule has 0 spiro atoms. The van der Waals surface area contributed by atoms with Crippen molar-refractivity contribution < 1.29 is 9.53 Å². The molecule has 0 radical (unpaired) electrons. The van der Waals surface area contributed by atoms with Crippen LogP contribution in [0.25, 0.3) is 11.3 Å². The Bertz CT molecular complexity index is 656. The van der Waals surface area contributed by atoms with Gasteiger partial charge in [0.2, 0.25) is 0 Å². The molecule has 128 valence electrons. The highest BCUT2D eigenvalue weighted by Gasteiger charge is 2.09. The number of amides is 1. The zero-order valence-corrected chi connectivity index (χ0v) is 14.4. The predicted molar refractivity (Wildman–Crippen MR) is 95.1 cm³/mol. The number of anilines is 1. The highest BCUT2D eigenvalue weighted by Crippen LogP contribution is 2.23. The lowest BCUT2D eigenvalue weighted by Crippen LogP contribution is -2.25. The lowest BCUT2D eigenvalue weighted by molar-refractivity contribution is 0.0757. The summed E-state index contributed by atoms with van der Waals surface area (Å²) >= 11 is 0. The average molecular weight is 328 g/mol. The van der Waals surface area contributed by atoms with Crippen molar-refractivity contribution in [2.45, 2.75) is 26.4 Å². The van der Waals surface area contributed by atoms with Crippen molar-refractivity contribution >= 4 is 11.7 Å². The van der Waals surface area contributed by atoms with Crippen LogP contribution >= 0.6 is 0 Å². The molecule has 2 aromatic rings. The third-order valence-electron chi connectivity index (χ3n) is 3.41. The zero-order chi connectivity index (χ0) is 17.4. The summed E-state index contributed by atoms with van der Waals surface area (Å²) in [5.41, 5.74) is 2.30. The summed E-state index contributed by atoms with van der Waals surface area (Å²) < 4.78 is 5.45. The highest BCUT2D eigenvalue weighted by atomic mass is 16.5. The summed E-state index contributed by atoms with van der Waals surface area (Å²) in [6.07, 6.45) is 4.31. The van der Waals surface area contributed by atoms with Crippen LogP contribution in [0.3, 0.4) is 0 Å². The normalized spacial score (nSPS) is 10.7. The van der Waals surface area contributed by atoms with Crippen LogP contribution in [-0.4, -0.2) is 42.2 Å². The second kappa shape index (κ2) is 8.98. The van der Waals surface area contributed by atoms with E-state index in [9.17, 15) is 4.79 Å². The molecule has 2 N–H and O–H groups in total. The van der Waals surface area contributed by atoms with Crippen LogP contribution in [-0.2, 0) is 4.74 Å². The Labute approximate surface area is 142 Å². The van der Waals surface area contributed by atoms with Gasteiger partial charge in [-0.1, -0.05) is 12.1 Å². The smallest absolute Gasteiger partial charge is 0.251 e. The number of carbonyl (C=O) groups excluding carboxylic acids is 1. The number of ether oxygens (including phenoxy) is 1. The number of aromatic nitrogens is 2. The van der Waals surface area contributed by atoms with E-state index in [0.717, 1.165) is 17.7 Å². The first-order chi connectivity index (χ1) is 11.6. The van der Waals surface area contributed by atoms with Crippen LogP contribution in [0, 0.1) is 0 Å². The van der Waals surface area contributed by atoms with Crippen molar-refractivity contribution in [2.75, 3.05) is 25.5 Å². The maximum Gasteiger partial charge on any atom is 0.251 e. The molecule has 2 rings (SSSR count). The topological polar surface area (TPSA) is 76.1 Å². The fourth-order valence-corrected chi connectivity index (χ4v) is 2.21. The van der Waals surface area contributed by atoms with E-state index in [1.807, 2.05) is 26.0 Å². The molecule has 6 nitrogen and oxygen atoms in total. The number of rotatable bonds is 8. The lowest BCUT2D eigenvalue weighted by atomic mass is 10.1. The standard InChI is InChI=1S/C18H24N4O2/c1-13(2)24-12-4-9-22-18(23)15-7-5-14(6-8-15)16-17(19-3)21-11-10-20-16/h5-8,10-11,13H,4,9,12H2,1-3H3,(H,19,21)(H,22,23). The molecule has 0 atom stereocenters. The molecule has 0 aliphatic heterocycles. The van der Waals surface area contributed by atoms with Gasteiger partial charge in [-0.15, -0.1) is 0 Å². The third-order valence-corrected chi connectivity index (χ3v) is 3.41. The van der Waals surface area contributed by atoms with Crippen LogP contribution in [0.1, 0.15) is 30.6 Å². The van der Waals surface area contributed by atoms with Gasteiger partial charge in [0.05, 0.1) is 6.10 Å². The maximum absolute atomic E-state index is 12.1. The van der Waals surface area contributed by atoms with Gasteiger partial charge in [0, 0.05) is 43.7 Å². The van der Waals surface area contributed by atoms with E-state index < -0.39 is 0 Å². The van der Waals surface area contributed by atoms with Gasteiger partial charge in [-0.05, 0) is 32.4 Å². The van der Waals surface area contributed by atoms with E-state index in [1.54, 1.807) is 31.6 Å². The highest BCUT2D eigenvalue weighted by molar-refractivity contribution is 5.94. The minimum atomic E-state index is -0.0842. The first kappa shape index (κ1) is 17.9. The second-order valence-corrected chi connectivity index (χ2v) is 5.61. The largest absolute Gasteiger partial charge is 0.379 e. The Morgan fingerprint density at radius 1 is 1.17 bits per heavy atom. The molecule has 0 aliphatic carbocycles. The summed E-state index contributed by atoms with van der Waals surface area (Å²) in [7, 11) is 1.80. The monoisotopic (exact) mass is 328 g/mol. The predicted octanol–water partition coefficient (Wildman–Crippen LogP) is 2.73. The molecule has 1 aromatic carbocycles. The minimum Gasteiger partial charge on any atom is -0.379 e. The summed E-state index contributed by atoms with van der Waals surface area (Å²) in [6, 6.07) is 7.34. The first-order valence-electron chi connectivity index (χ1n) is 8.11. The summed E-state index contributed by atoms with van der Waals surface area (Å²) in [5.74, 6) is 0.624. The van der Waals surface area contributed by atoms with Gasteiger partial charge in [-0.25, -0.2) is 4.98 Å².